The number of para-hydroxylation sites is 4. The first-order valence-electron chi connectivity index (χ1n) is 17.2. The molecule has 2 atom stereocenters. The molecule has 236 valence electrons. The van der Waals surface area contributed by atoms with Gasteiger partial charge in [0.25, 0.3) is 0 Å². The second kappa shape index (κ2) is 10.5. The molecule has 1 aliphatic heterocycles. The van der Waals surface area contributed by atoms with Gasteiger partial charge in [0.1, 0.15) is 23.0 Å². The zero-order chi connectivity index (χ0) is 32.8. The van der Waals surface area contributed by atoms with Crippen molar-refractivity contribution in [2.45, 2.75) is 12.0 Å². The third-order valence-electron chi connectivity index (χ3n) is 10.5. The minimum absolute atomic E-state index is 0.0229. The van der Waals surface area contributed by atoms with Gasteiger partial charge in [-0.25, -0.2) is 0 Å². The van der Waals surface area contributed by atoms with Crippen LogP contribution in [0.4, 0.5) is 17.1 Å². The highest BCUT2D eigenvalue weighted by Crippen LogP contribution is 2.49. The molecule has 7 aromatic carbocycles. The van der Waals surface area contributed by atoms with Crippen LogP contribution in [0.2, 0.25) is 0 Å². The molecule has 9 aromatic rings. The smallest absolute Gasteiger partial charge is 0.137 e. The van der Waals surface area contributed by atoms with Gasteiger partial charge in [-0.05, 0) is 90.0 Å². The van der Waals surface area contributed by atoms with Crippen molar-refractivity contribution in [1.82, 2.24) is 4.57 Å². The topological polar surface area (TPSA) is 30.5 Å². The van der Waals surface area contributed by atoms with E-state index >= 15 is 0 Å². The Morgan fingerprint density at radius 1 is 0.540 bits per heavy atom. The van der Waals surface area contributed by atoms with Gasteiger partial charge in [-0.1, -0.05) is 91.0 Å². The van der Waals surface area contributed by atoms with Gasteiger partial charge in [0.15, 0.2) is 0 Å². The van der Waals surface area contributed by atoms with Crippen molar-refractivity contribution in [1.29, 1.82) is 0 Å². The summed E-state index contributed by atoms with van der Waals surface area (Å²) >= 11 is 0. The summed E-state index contributed by atoms with van der Waals surface area (Å²) in [6.45, 7) is 0. The SMILES string of the molecule is C1=CC2Oc3ccccc3C2c2cc(N(c3ccc4c(c3)c3ccccc3n4-c3ccccc3)c3cccc4oc5ccccc5c34)ccc21. The number of anilines is 3. The fourth-order valence-electron chi connectivity index (χ4n) is 8.38. The highest BCUT2D eigenvalue weighted by molar-refractivity contribution is 6.15. The molecule has 2 aliphatic rings. The second-order valence-electron chi connectivity index (χ2n) is 13.2. The lowest BCUT2D eigenvalue weighted by atomic mass is 9.81. The molecule has 4 nitrogen and oxygen atoms in total. The Hall–Kier alpha value is -6.52. The van der Waals surface area contributed by atoms with Gasteiger partial charge < -0.3 is 18.6 Å². The zero-order valence-corrected chi connectivity index (χ0v) is 27.0. The first-order valence-corrected chi connectivity index (χ1v) is 17.2. The van der Waals surface area contributed by atoms with Crippen LogP contribution in [0.25, 0.3) is 55.5 Å². The van der Waals surface area contributed by atoms with Crippen LogP contribution in [0.3, 0.4) is 0 Å². The molecule has 2 aromatic heterocycles. The van der Waals surface area contributed by atoms with Crippen LogP contribution >= 0.6 is 0 Å². The molecular weight excluding hydrogens is 613 g/mol. The largest absolute Gasteiger partial charge is 0.485 e. The van der Waals surface area contributed by atoms with Crippen LogP contribution in [0.5, 0.6) is 5.75 Å². The van der Waals surface area contributed by atoms with E-state index in [-0.39, 0.29) is 12.0 Å². The molecule has 0 bridgehead atoms. The van der Waals surface area contributed by atoms with E-state index in [1.807, 2.05) is 6.07 Å². The number of nitrogens with zero attached hydrogens (tertiary/aromatic N) is 2. The van der Waals surface area contributed by atoms with Crippen LogP contribution in [0.1, 0.15) is 22.6 Å². The molecule has 0 N–H and O–H groups in total. The Morgan fingerprint density at radius 2 is 1.28 bits per heavy atom. The number of benzene rings is 7. The van der Waals surface area contributed by atoms with Gasteiger partial charge in [0.05, 0.1) is 28.0 Å². The maximum Gasteiger partial charge on any atom is 0.137 e. The van der Waals surface area contributed by atoms with Crippen molar-refractivity contribution in [3.63, 3.8) is 0 Å². The lowest BCUT2D eigenvalue weighted by Crippen LogP contribution is -2.21. The number of fused-ring (bicyclic) bond motifs is 11. The number of rotatable bonds is 4. The first-order chi connectivity index (χ1) is 24.8. The average Bonchev–Trinajstić information content (AvgIpc) is 3.85. The quantitative estimate of drug-likeness (QED) is 0.191. The van der Waals surface area contributed by atoms with Gasteiger partial charge in [0.2, 0.25) is 0 Å². The highest BCUT2D eigenvalue weighted by atomic mass is 16.5. The molecule has 0 radical (unpaired) electrons. The Bertz CT molecular complexity index is 2820. The summed E-state index contributed by atoms with van der Waals surface area (Å²) in [6.07, 6.45) is 4.40. The molecular formula is C46H30N2O2. The summed E-state index contributed by atoms with van der Waals surface area (Å²) in [6, 6.07) is 56.3. The number of ether oxygens (including phenoxy) is 1. The van der Waals surface area contributed by atoms with Crippen molar-refractivity contribution >= 4 is 66.9 Å². The molecule has 0 amide bonds. The predicted molar refractivity (Wildman–Crippen MR) is 204 cm³/mol. The first kappa shape index (κ1) is 27.4. The summed E-state index contributed by atoms with van der Waals surface area (Å²) in [5, 5.41) is 4.62. The lowest BCUT2D eigenvalue weighted by molar-refractivity contribution is 0.267. The Balaban J connectivity index is 1.18. The monoisotopic (exact) mass is 642 g/mol. The molecule has 0 spiro atoms. The lowest BCUT2D eigenvalue weighted by Gasteiger charge is -2.29. The van der Waals surface area contributed by atoms with E-state index in [2.05, 4.69) is 173 Å². The van der Waals surface area contributed by atoms with E-state index in [4.69, 9.17) is 9.15 Å². The number of hydrogen-bond acceptors (Lipinski definition) is 3. The van der Waals surface area contributed by atoms with E-state index in [1.165, 1.54) is 38.5 Å². The molecule has 3 heterocycles. The highest BCUT2D eigenvalue weighted by Gasteiger charge is 2.37. The molecule has 4 heteroatoms. The van der Waals surface area contributed by atoms with Crippen molar-refractivity contribution in [2.24, 2.45) is 0 Å². The molecule has 50 heavy (non-hydrogen) atoms. The number of hydrogen-bond donors (Lipinski definition) is 0. The average molecular weight is 643 g/mol. The maximum atomic E-state index is 6.45. The van der Waals surface area contributed by atoms with Gasteiger partial charge in [-0.3, -0.25) is 0 Å². The molecule has 0 saturated carbocycles. The van der Waals surface area contributed by atoms with Gasteiger partial charge in [0, 0.05) is 38.8 Å². The molecule has 0 fully saturated rings. The van der Waals surface area contributed by atoms with Crippen LogP contribution in [0.15, 0.2) is 168 Å². The Labute approximate surface area is 288 Å². The third kappa shape index (κ3) is 3.93. The summed E-state index contributed by atoms with van der Waals surface area (Å²) < 4.78 is 15.2. The fraction of sp³-hybridized carbons (Fsp3) is 0.0435. The van der Waals surface area contributed by atoms with Crippen LogP contribution in [-0.4, -0.2) is 10.7 Å². The normalized spacial score (nSPS) is 16.1. The van der Waals surface area contributed by atoms with E-state index in [0.29, 0.717) is 0 Å². The predicted octanol–water partition coefficient (Wildman–Crippen LogP) is 12.1. The van der Waals surface area contributed by atoms with Gasteiger partial charge in [-0.15, -0.1) is 0 Å². The van der Waals surface area contributed by atoms with E-state index < -0.39 is 0 Å². The molecule has 2 unspecified atom stereocenters. The zero-order valence-electron chi connectivity index (χ0n) is 27.0. The number of furan rings is 1. The minimum Gasteiger partial charge on any atom is -0.485 e. The molecule has 1 aliphatic carbocycles. The second-order valence-corrected chi connectivity index (χ2v) is 13.2. The van der Waals surface area contributed by atoms with E-state index in [1.54, 1.807) is 0 Å². The fourth-order valence-corrected chi connectivity index (χ4v) is 8.38. The standard InChI is InChI=1S/C46H30N2O2/c1-2-11-30(12-3-1)48-38-16-7-4-13-33(38)37-28-32(24-25-39(37)48)47(40-17-10-20-43-46(40)35-15-6-9-19-42(35)49-43)31-23-21-29-22-26-44-45(36(29)27-31)34-14-5-8-18-41(34)50-44/h1-28,44-45H. The minimum atomic E-state index is -0.0229. The van der Waals surface area contributed by atoms with E-state index in [9.17, 15) is 0 Å². The molecule has 0 saturated heterocycles. The van der Waals surface area contributed by atoms with Crippen molar-refractivity contribution in [2.75, 3.05) is 4.90 Å². The summed E-state index contributed by atoms with van der Waals surface area (Å²) in [4.78, 5) is 2.41. The van der Waals surface area contributed by atoms with Crippen molar-refractivity contribution in [3.05, 3.63) is 180 Å². The summed E-state index contributed by atoms with van der Waals surface area (Å²) in [7, 11) is 0. The summed E-state index contributed by atoms with van der Waals surface area (Å²) in [5.74, 6) is 1.10. The summed E-state index contributed by atoms with van der Waals surface area (Å²) in [5.41, 5.74) is 12.2. The van der Waals surface area contributed by atoms with Gasteiger partial charge in [-0.2, -0.15) is 0 Å². The Kier molecular flexibility index (Phi) is 5.75. The van der Waals surface area contributed by atoms with Crippen molar-refractivity contribution < 1.29 is 9.15 Å². The van der Waals surface area contributed by atoms with Crippen LogP contribution < -0.4 is 9.64 Å². The van der Waals surface area contributed by atoms with Crippen molar-refractivity contribution in [3.8, 4) is 11.4 Å². The Morgan fingerprint density at radius 3 is 2.22 bits per heavy atom. The molecule has 11 rings (SSSR count). The van der Waals surface area contributed by atoms with Crippen LogP contribution in [0, 0.1) is 0 Å². The maximum absolute atomic E-state index is 6.45. The van der Waals surface area contributed by atoms with Crippen LogP contribution in [-0.2, 0) is 0 Å². The van der Waals surface area contributed by atoms with E-state index in [0.717, 1.165) is 50.4 Å². The van der Waals surface area contributed by atoms with Gasteiger partial charge >= 0.3 is 0 Å². The number of aromatic nitrogens is 1. The third-order valence-corrected chi connectivity index (χ3v) is 10.5.